The molecule has 1 N–H and O–H groups in total. The molecule has 0 unspecified atom stereocenters. The van der Waals surface area contributed by atoms with Gasteiger partial charge in [0.15, 0.2) is 0 Å². The van der Waals surface area contributed by atoms with Gasteiger partial charge >= 0.3 is 0 Å². The van der Waals surface area contributed by atoms with Crippen molar-refractivity contribution in [2.75, 3.05) is 0 Å². The standard InChI is InChI=1S/C19H14N4O/c20-11-14-5-7-15(8-6-14)19(24)23-13-17-4-2-10-22-18(17)16-3-1-9-21-12-16/h1-10,12H,13H2,(H,23,24). The summed E-state index contributed by atoms with van der Waals surface area (Å²) >= 11 is 0. The Hall–Kier alpha value is -3.52. The van der Waals surface area contributed by atoms with E-state index in [-0.39, 0.29) is 5.91 Å². The molecule has 1 aromatic carbocycles. The predicted octanol–water partition coefficient (Wildman–Crippen LogP) is 2.95. The molecular formula is C19H14N4O. The molecule has 0 aliphatic heterocycles. The highest BCUT2D eigenvalue weighted by molar-refractivity contribution is 5.94. The normalized spacial score (nSPS) is 9.96. The van der Waals surface area contributed by atoms with E-state index in [1.165, 1.54) is 0 Å². The Labute approximate surface area is 139 Å². The molecule has 0 saturated heterocycles. The molecule has 0 aliphatic rings. The van der Waals surface area contributed by atoms with Gasteiger partial charge in [0.1, 0.15) is 0 Å². The molecule has 3 aromatic rings. The van der Waals surface area contributed by atoms with E-state index >= 15 is 0 Å². The average molecular weight is 314 g/mol. The Kier molecular flexibility index (Phi) is 4.59. The lowest BCUT2D eigenvalue weighted by atomic mass is 10.1. The zero-order valence-corrected chi connectivity index (χ0v) is 12.8. The summed E-state index contributed by atoms with van der Waals surface area (Å²) < 4.78 is 0. The number of hydrogen-bond donors (Lipinski definition) is 1. The Morgan fingerprint density at radius 3 is 2.58 bits per heavy atom. The zero-order valence-electron chi connectivity index (χ0n) is 12.8. The molecule has 0 bridgehead atoms. The van der Waals surface area contributed by atoms with E-state index in [9.17, 15) is 4.79 Å². The minimum atomic E-state index is -0.194. The highest BCUT2D eigenvalue weighted by Gasteiger charge is 2.09. The second-order valence-corrected chi connectivity index (χ2v) is 5.12. The minimum absolute atomic E-state index is 0.194. The lowest BCUT2D eigenvalue weighted by Crippen LogP contribution is -2.23. The van der Waals surface area contributed by atoms with Crippen LogP contribution in [0.4, 0.5) is 0 Å². The van der Waals surface area contributed by atoms with Crippen LogP contribution in [0.15, 0.2) is 67.1 Å². The number of aromatic nitrogens is 2. The molecular weight excluding hydrogens is 300 g/mol. The number of carbonyl (C=O) groups is 1. The van der Waals surface area contributed by atoms with Crippen molar-refractivity contribution in [1.82, 2.24) is 15.3 Å². The van der Waals surface area contributed by atoms with Gasteiger partial charge in [-0.25, -0.2) is 0 Å². The molecule has 3 rings (SSSR count). The van der Waals surface area contributed by atoms with E-state index in [1.54, 1.807) is 42.9 Å². The third-order valence-corrected chi connectivity index (χ3v) is 3.54. The van der Waals surface area contributed by atoms with Crippen molar-refractivity contribution in [3.05, 3.63) is 83.8 Å². The molecule has 2 heterocycles. The third-order valence-electron chi connectivity index (χ3n) is 3.54. The quantitative estimate of drug-likeness (QED) is 0.803. The van der Waals surface area contributed by atoms with Crippen LogP contribution in [0.25, 0.3) is 11.3 Å². The van der Waals surface area contributed by atoms with Crippen molar-refractivity contribution in [2.45, 2.75) is 6.54 Å². The number of nitrogens with one attached hydrogen (secondary N) is 1. The fourth-order valence-electron chi connectivity index (χ4n) is 2.32. The van der Waals surface area contributed by atoms with Crippen LogP contribution >= 0.6 is 0 Å². The number of amides is 1. The molecule has 1 amide bonds. The SMILES string of the molecule is N#Cc1ccc(C(=O)NCc2cccnc2-c2cccnc2)cc1. The van der Waals surface area contributed by atoms with Crippen molar-refractivity contribution >= 4 is 5.91 Å². The number of nitriles is 1. The predicted molar refractivity (Wildman–Crippen MR) is 89.8 cm³/mol. The first-order chi connectivity index (χ1) is 11.8. The molecule has 0 aliphatic carbocycles. The van der Waals surface area contributed by atoms with Gasteiger partial charge in [-0.05, 0) is 48.0 Å². The van der Waals surface area contributed by atoms with Gasteiger partial charge in [0, 0.05) is 36.3 Å². The van der Waals surface area contributed by atoms with Gasteiger partial charge in [-0.2, -0.15) is 5.26 Å². The zero-order chi connectivity index (χ0) is 16.8. The van der Waals surface area contributed by atoms with Crippen LogP contribution in [0, 0.1) is 11.3 Å². The van der Waals surface area contributed by atoms with E-state index in [0.717, 1.165) is 16.8 Å². The number of carbonyl (C=O) groups excluding carboxylic acids is 1. The first-order valence-corrected chi connectivity index (χ1v) is 7.40. The smallest absolute Gasteiger partial charge is 0.251 e. The number of rotatable bonds is 4. The second kappa shape index (κ2) is 7.16. The maximum absolute atomic E-state index is 12.2. The third kappa shape index (κ3) is 3.45. The van der Waals surface area contributed by atoms with Crippen molar-refractivity contribution < 1.29 is 4.79 Å². The largest absolute Gasteiger partial charge is 0.348 e. The molecule has 24 heavy (non-hydrogen) atoms. The maximum Gasteiger partial charge on any atom is 0.251 e. The first-order valence-electron chi connectivity index (χ1n) is 7.40. The molecule has 0 spiro atoms. The molecule has 5 heteroatoms. The summed E-state index contributed by atoms with van der Waals surface area (Å²) in [7, 11) is 0. The summed E-state index contributed by atoms with van der Waals surface area (Å²) in [5, 5.41) is 11.7. The average Bonchev–Trinajstić information content (AvgIpc) is 2.67. The maximum atomic E-state index is 12.2. The van der Waals surface area contributed by atoms with Crippen molar-refractivity contribution in [3.63, 3.8) is 0 Å². The Balaban J connectivity index is 1.75. The van der Waals surface area contributed by atoms with Gasteiger partial charge in [0.05, 0.1) is 17.3 Å². The molecule has 5 nitrogen and oxygen atoms in total. The van der Waals surface area contributed by atoms with Gasteiger partial charge < -0.3 is 5.32 Å². The number of hydrogen-bond acceptors (Lipinski definition) is 4. The molecule has 2 aromatic heterocycles. The van der Waals surface area contributed by atoms with Gasteiger partial charge in [0.25, 0.3) is 5.91 Å². The minimum Gasteiger partial charge on any atom is -0.348 e. The van der Waals surface area contributed by atoms with Crippen LogP contribution in [0.2, 0.25) is 0 Å². The van der Waals surface area contributed by atoms with Crippen LogP contribution in [-0.4, -0.2) is 15.9 Å². The molecule has 0 atom stereocenters. The van der Waals surface area contributed by atoms with Gasteiger partial charge in [-0.15, -0.1) is 0 Å². The van der Waals surface area contributed by atoms with E-state index in [2.05, 4.69) is 15.3 Å². The second-order valence-electron chi connectivity index (χ2n) is 5.12. The number of nitrogens with zero attached hydrogens (tertiary/aromatic N) is 3. The van der Waals surface area contributed by atoms with E-state index in [1.807, 2.05) is 30.3 Å². The molecule has 116 valence electrons. The van der Waals surface area contributed by atoms with Crippen LogP contribution in [-0.2, 0) is 6.54 Å². The van der Waals surface area contributed by atoms with Crippen LogP contribution < -0.4 is 5.32 Å². The van der Waals surface area contributed by atoms with E-state index in [0.29, 0.717) is 17.7 Å². The summed E-state index contributed by atoms with van der Waals surface area (Å²) in [6, 6.07) is 16.1. The topological polar surface area (TPSA) is 78.7 Å². The molecule has 0 saturated carbocycles. The summed E-state index contributed by atoms with van der Waals surface area (Å²) in [5.41, 5.74) is 3.65. The number of benzene rings is 1. The lowest BCUT2D eigenvalue weighted by molar-refractivity contribution is 0.0951. The van der Waals surface area contributed by atoms with Crippen molar-refractivity contribution in [2.24, 2.45) is 0 Å². The summed E-state index contributed by atoms with van der Waals surface area (Å²) in [6.45, 7) is 0.358. The molecule has 0 fully saturated rings. The Morgan fingerprint density at radius 2 is 1.88 bits per heavy atom. The van der Waals surface area contributed by atoms with Crippen LogP contribution in [0.5, 0.6) is 0 Å². The number of pyridine rings is 2. The highest BCUT2D eigenvalue weighted by Crippen LogP contribution is 2.19. The highest BCUT2D eigenvalue weighted by atomic mass is 16.1. The lowest BCUT2D eigenvalue weighted by Gasteiger charge is -2.10. The van der Waals surface area contributed by atoms with Gasteiger partial charge in [-0.3, -0.25) is 14.8 Å². The molecule has 0 radical (unpaired) electrons. The van der Waals surface area contributed by atoms with Crippen LogP contribution in [0.1, 0.15) is 21.5 Å². The summed E-state index contributed by atoms with van der Waals surface area (Å²) in [4.78, 5) is 20.7. The monoisotopic (exact) mass is 314 g/mol. The Bertz CT molecular complexity index is 883. The van der Waals surface area contributed by atoms with Crippen molar-refractivity contribution in [1.29, 1.82) is 5.26 Å². The summed E-state index contributed by atoms with van der Waals surface area (Å²) in [5.74, 6) is -0.194. The van der Waals surface area contributed by atoms with Gasteiger partial charge in [-0.1, -0.05) is 6.07 Å². The van der Waals surface area contributed by atoms with Gasteiger partial charge in [0.2, 0.25) is 0 Å². The summed E-state index contributed by atoms with van der Waals surface area (Å²) in [6.07, 6.45) is 5.17. The van der Waals surface area contributed by atoms with Crippen LogP contribution in [0.3, 0.4) is 0 Å². The fourth-order valence-corrected chi connectivity index (χ4v) is 2.32. The van der Waals surface area contributed by atoms with E-state index < -0.39 is 0 Å². The first kappa shape index (κ1) is 15.4. The fraction of sp³-hybridized carbons (Fsp3) is 0.0526. The van der Waals surface area contributed by atoms with Crippen molar-refractivity contribution in [3.8, 4) is 17.3 Å². The van der Waals surface area contributed by atoms with E-state index in [4.69, 9.17) is 5.26 Å². The Morgan fingerprint density at radius 1 is 1.08 bits per heavy atom.